The van der Waals surface area contributed by atoms with Crippen molar-refractivity contribution in [3.63, 3.8) is 0 Å². The summed E-state index contributed by atoms with van der Waals surface area (Å²) in [4.78, 5) is 23.0. The van der Waals surface area contributed by atoms with Gasteiger partial charge in [-0.05, 0) is 48.4 Å². The van der Waals surface area contributed by atoms with Gasteiger partial charge in [-0.3, -0.25) is 9.88 Å². The minimum Gasteiger partial charge on any atom is -0.437 e. The smallest absolute Gasteiger partial charge is 0.322 e. The maximum absolute atomic E-state index is 13.3. The van der Waals surface area contributed by atoms with Gasteiger partial charge >= 0.3 is 6.03 Å². The molecule has 0 saturated carbocycles. The number of sulfonamides is 1. The van der Waals surface area contributed by atoms with Gasteiger partial charge in [-0.15, -0.1) is 0 Å². The highest BCUT2D eigenvalue weighted by atomic mass is 35.5. The number of amides is 2. The second kappa shape index (κ2) is 10.6. The Kier molecular flexibility index (Phi) is 7.29. The van der Waals surface area contributed by atoms with Gasteiger partial charge in [0, 0.05) is 42.7 Å². The molecule has 1 atom stereocenters. The van der Waals surface area contributed by atoms with Crippen LogP contribution in [0.5, 0.6) is 11.6 Å². The first-order valence-electron chi connectivity index (χ1n) is 11.8. The topological polar surface area (TPSA) is 114 Å². The molecule has 2 aliphatic rings. The Morgan fingerprint density at radius 2 is 1.89 bits per heavy atom. The summed E-state index contributed by atoms with van der Waals surface area (Å²) in [6, 6.07) is 13.8. The van der Waals surface area contributed by atoms with Gasteiger partial charge in [0.2, 0.25) is 15.9 Å². The number of morpholine rings is 1. The Balaban J connectivity index is 1.53. The van der Waals surface area contributed by atoms with Crippen LogP contribution in [0.25, 0.3) is 0 Å². The fourth-order valence-electron chi connectivity index (χ4n) is 4.66. The van der Waals surface area contributed by atoms with Gasteiger partial charge in [0.25, 0.3) is 0 Å². The lowest BCUT2D eigenvalue weighted by Crippen LogP contribution is -2.48. The molecular formula is C25H26ClN5O5S. The van der Waals surface area contributed by atoms with Crippen LogP contribution in [0, 0.1) is 0 Å². The van der Waals surface area contributed by atoms with Gasteiger partial charge < -0.3 is 14.8 Å². The van der Waals surface area contributed by atoms with Crippen molar-refractivity contribution in [1.29, 1.82) is 0 Å². The van der Waals surface area contributed by atoms with E-state index in [4.69, 9.17) is 21.1 Å². The van der Waals surface area contributed by atoms with Crippen molar-refractivity contribution in [3.05, 3.63) is 77.7 Å². The second-order valence-corrected chi connectivity index (χ2v) is 11.3. The zero-order valence-electron chi connectivity index (χ0n) is 19.9. The van der Waals surface area contributed by atoms with E-state index in [2.05, 4.69) is 15.3 Å². The van der Waals surface area contributed by atoms with E-state index in [0.29, 0.717) is 48.6 Å². The number of urea groups is 1. The minimum atomic E-state index is -3.59. The number of carbonyl (C=O) groups is 1. The van der Waals surface area contributed by atoms with Crippen molar-refractivity contribution < 1.29 is 22.7 Å². The third kappa shape index (κ3) is 5.40. The highest BCUT2D eigenvalue weighted by molar-refractivity contribution is 7.89. The van der Waals surface area contributed by atoms with Crippen molar-refractivity contribution in [3.8, 4) is 11.6 Å². The van der Waals surface area contributed by atoms with E-state index in [-0.39, 0.29) is 24.7 Å². The molecule has 194 valence electrons. The quantitative estimate of drug-likeness (QED) is 0.463. The van der Waals surface area contributed by atoms with Crippen molar-refractivity contribution in [2.45, 2.75) is 12.0 Å². The monoisotopic (exact) mass is 543 g/mol. The van der Waals surface area contributed by atoms with E-state index in [0.717, 1.165) is 5.56 Å². The van der Waals surface area contributed by atoms with Crippen LogP contribution in [0.15, 0.2) is 67.1 Å². The van der Waals surface area contributed by atoms with Crippen LogP contribution in [0.3, 0.4) is 0 Å². The molecule has 1 N–H and O–H groups in total. The number of benzene rings is 2. The van der Waals surface area contributed by atoms with Gasteiger partial charge in [-0.1, -0.05) is 23.7 Å². The first-order chi connectivity index (χ1) is 17.9. The Morgan fingerprint density at radius 1 is 1.11 bits per heavy atom. The molecule has 10 nitrogen and oxygen atoms in total. The molecule has 0 aliphatic carbocycles. The lowest BCUT2D eigenvalue weighted by Gasteiger charge is -2.38. The third-order valence-corrected chi connectivity index (χ3v) is 8.64. The summed E-state index contributed by atoms with van der Waals surface area (Å²) in [5, 5.41) is 3.45. The van der Waals surface area contributed by atoms with Crippen LogP contribution in [0.4, 0.5) is 10.5 Å². The van der Waals surface area contributed by atoms with Crippen molar-refractivity contribution in [2.24, 2.45) is 0 Å². The molecule has 2 amide bonds. The maximum atomic E-state index is 13.3. The van der Waals surface area contributed by atoms with Crippen LogP contribution < -0.4 is 15.0 Å². The predicted octanol–water partition coefficient (Wildman–Crippen LogP) is 3.40. The molecule has 0 bridgehead atoms. The van der Waals surface area contributed by atoms with Gasteiger partial charge in [0.05, 0.1) is 30.7 Å². The standard InChI is InChI=1S/C25H26ClN5O5S/c26-20-4-6-21(7-5-20)31-24(32)29-18-25(31,8-15-37(33,34)30-11-13-35-14-12-30)19-2-1-3-22(16-19)36-23-17-27-9-10-28-23/h1-7,9-10,16-17H,8,11-15,18H2,(H,29,32)/t25-/m1/s1. The summed E-state index contributed by atoms with van der Waals surface area (Å²) >= 11 is 6.11. The minimum absolute atomic E-state index is 0.151. The molecule has 0 unspecified atom stereocenters. The number of ether oxygens (including phenoxy) is 2. The largest absolute Gasteiger partial charge is 0.437 e. The van der Waals surface area contributed by atoms with E-state index in [1.807, 2.05) is 12.1 Å². The first kappa shape index (κ1) is 25.4. The summed E-state index contributed by atoms with van der Waals surface area (Å²) < 4.78 is 39.2. The van der Waals surface area contributed by atoms with Crippen LogP contribution in [-0.4, -0.2) is 67.3 Å². The van der Waals surface area contributed by atoms with E-state index >= 15 is 0 Å². The summed E-state index contributed by atoms with van der Waals surface area (Å²) in [6.45, 7) is 1.57. The fourth-order valence-corrected chi connectivity index (χ4v) is 6.35. The molecular weight excluding hydrogens is 518 g/mol. The van der Waals surface area contributed by atoms with E-state index < -0.39 is 15.6 Å². The maximum Gasteiger partial charge on any atom is 0.322 e. The molecule has 0 spiro atoms. The van der Waals surface area contributed by atoms with E-state index in [1.54, 1.807) is 47.5 Å². The fraction of sp³-hybridized carbons (Fsp3) is 0.320. The summed E-state index contributed by atoms with van der Waals surface area (Å²) in [5.41, 5.74) is 0.314. The van der Waals surface area contributed by atoms with Crippen LogP contribution >= 0.6 is 11.6 Å². The molecule has 5 rings (SSSR count). The number of rotatable bonds is 8. The molecule has 3 aromatic rings. The normalized spacial score (nSPS) is 20.6. The molecule has 2 saturated heterocycles. The number of nitrogens with zero attached hydrogens (tertiary/aromatic N) is 4. The lowest BCUT2D eigenvalue weighted by molar-refractivity contribution is 0.0729. The van der Waals surface area contributed by atoms with Gasteiger partial charge in [0.15, 0.2) is 0 Å². The van der Waals surface area contributed by atoms with E-state index in [1.165, 1.54) is 16.7 Å². The highest BCUT2D eigenvalue weighted by Gasteiger charge is 2.48. The van der Waals surface area contributed by atoms with Crippen molar-refractivity contribution in [1.82, 2.24) is 19.6 Å². The summed E-state index contributed by atoms with van der Waals surface area (Å²) in [5.74, 6) is 0.656. The number of nitrogens with one attached hydrogen (secondary N) is 1. The Bertz CT molecular complexity index is 1350. The molecule has 2 aromatic carbocycles. The van der Waals surface area contributed by atoms with E-state index in [9.17, 15) is 13.2 Å². The Hall–Kier alpha value is -3.25. The Labute approximate surface area is 220 Å². The number of hydrogen-bond donors (Lipinski definition) is 1. The van der Waals surface area contributed by atoms with Crippen molar-refractivity contribution >= 4 is 33.3 Å². The molecule has 37 heavy (non-hydrogen) atoms. The number of carbonyl (C=O) groups excluding carboxylic acids is 1. The number of halogens is 1. The zero-order chi connectivity index (χ0) is 25.9. The average Bonchev–Trinajstić information content (AvgIpc) is 3.26. The molecule has 2 aliphatic heterocycles. The SMILES string of the molecule is O=C1NC[C@](CCS(=O)(=O)N2CCOCC2)(c2cccc(Oc3cnccn3)c2)N1c1ccc(Cl)cc1. The highest BCUT2D eigenvalue weighted by Crippen LogP contribution is 2.41. The molecule has 2 fully saturated rings. The lowest BCUT2D eigenvalue weighted by atomic mass is 9.86. The molecule has 12 heteroatoms. The Morgan fingerprint density at radius 3 is 2.62 bits per heavy atom. The third-order valence-electron chi connectivity index (χ3n) is 6.52. The van der Waals surface area contributed by atoms with Crippen LogP contribution in [0.2, 0.25) is 5.02 Å². The molecule has 0 radical (unpaired) electrons. The van der Waals surface area contributed by atoms with Crippen LogP contribution in [0.1, 0.15) is 12.0 Å². The van der Waals surface area contributed by atoms with Crippen molar-refractivity contribution in [2.75, 3.05) is 43.5 Å². The number of aromatic nitrogens is 2. The first-order valence-corrected chi connectivity index (χ1v) is 13.8. The second-order valence-electron chi connectivity index (χ2n) is 8.75. The zero-order valence-corrected chi connectivity index (χ0v) is 21.5. The number of hydrogen-bond acceptors (Lipinski definition) is 7. The summed E-state index contributed by atoms with van der Waals surface area (Å²) in [7, 11) is -3.59. The van der Waals surface area contributed by atoms with Gasteiger partial charge in [-0.2, -0.15) is 4.31 Å². The molecule has 3 heterocycles. The summed E-state index contributed by atoms with van der Waals surface area (Å²) in [6.07, 6.45) is 4.73. The predicted molar refractivity (Wildman–Crippen MR) is 138 cm³/mol. The molecule has 1 aromatic heterocycles. The number of anilines is 1. The van der Waals surface area contributed by atoms with Gasteiger partial charge in [0.1, 0.15) is 5.75 Å². The van der Waals surface area contributed by atoms with Crippen LogP contribution in [-0.2, 0) is 20.3 Å². The van der Waals surface area contributed by atoms with Gasteiger partial charge in [-0.25, -0.2) is 18.2 Å². The average molecular weight is 544 g/mol.